The van der Waals surface area contributed by atoms with Crippen LogP contribution in [0, 0.1) is 10.1 Å². The largest absolute Gasteiger partial charge is 0.284 e. The van der Waals surface area contributed by atoms with Crippen LogP contribution in [0.25, 0.3) is 0 Å². The molecule has 0 amide bonds. The number of para-hydroxylation sites is 1. The Kier molecular flexibility index (Phi) is 2.73. The predicted octanol–water partition coefficient (Wildman–Crippen LogP) is 2.84. The van der Waals surface area contributed by atoms with Gasteiger partial charge in [-0.25, -0.2) is 0 Å². The zero-order chi connectivity index (χ0) is 8.27. The fourth-order valence-corrected chi connectivity index (χ4v) is 1.42. The average Bonchev–Trinajstić information content (AvgIpc) is 2.04. The highest BCUT2D eigenvalue weighted by Gasteiger charge is 2.10. The first-order chi connectivity index (χ1) is 5.25. The van der Waals surface area contributed by atoms with Gasteiger partial charge < -0.3 is 0 Å². The van der Waals surface area contributed by atoms with Crippen LogP contribution in [0.2, 0.25) is 0 Å². The van der Waals surface area contributed by atoms with Crippen LogP contribution in [-0.4, -0.2) is 4.92 Å². The lowest BCUT2D eigenvalue weighted by Gasteiger charge is -1.94. The second-order valence-corrected chi connectivity index (χ2v) is 2.86. The summed E-state index contributed by atoms with van der Waals surface area (Å²) in [7, 11) is 6.24. The molecule has 1 rings (SSSR count). The van der Waals surface area contributed by atoms with Gasteiger partial charge >= 0.3 is 0 Å². The van der Waals surface area contributed by atoms with Crippen molar-refractivity contribution in [2.75, 3.05) is 0 Å². The third-order valence-electron chi connectivity index (χ3n) is 1.15. The molecule has 0 heterocycles. The van der Waals surface area contributed by atoms with Crippen LogP contribution in [-0.2, 0) is 0 Å². The van der Waals surface area contributed by atoms with Crippen molar-refractivity contribution in [1.82, 2.24) is 0 Å². The predicted molar refractivity (Wildman–Crippen MR) is 44.8 cm³/mol. The Morgan fingerprint density at radius 1 is 1.45 bits per heavy atom. The molecule has 0 N–H and O–H groups in total. The molecule has 0 unspecified atom stereocenters. The summed E-state index contributed by atoms with van der Waals surface area (Å²) in [6.45, 7) is 0. The number of rotatable bonds is 2. The van der Waals surface area contributed by atoms with Crippen LogP contribution in [0.15, 0.2) is 29.2 Å². The Morgan fingerprint density at radius 2 is 2.09 bits per heavy atom. The fourth-order valence-electron chi connectivity index (χ4n) is 0.673. The minimum absolute atomic E-state index is 0.0486. The summed E-state index contributed by atoms with van der Waals surface area (Å²) in [5.41, 5.74) is 0.0486. The third-order valence-corrected chi connectivity index (χ3v) is 2.16. The van der Waals surface area contributed by atoms with E-state index < -0.39 is 4.92 Å². The van der Waals surface area contributed by atoms with Crippen molar-refractivity contribution in [2.24, 2.45) is 0 Å². The summed E-state index contributed by atoms with van der Waals surface area (Å²) in [4.78, 5) is 10.3. The molecule has 0 fully saturated rings. The Hall–Kier alpha value is -0.740. The van der Waals surface area contributed by atoms with Crippen LogP contribution in [0.1, 0.15) is 0 Å². The quantitative estimate of drug-likeness (QED) is 0.538. The van der Waals surface area contributed by atoms with Crippen molar-refractivity contribution in [3.05, 3.63) is 34.4 Å². The highest BCUT2D eigenvalue weighted by atomic mass is 35.7. The van der Waals surface area contributed by atoms with Crippen LogP contribution < -0.4 is 0 Å². The summed E-state index contributed by atoms with van der Waals surface area (Å²) >= 11 is 0. The first-order valence-corrected chi connectivity index (χ1v) is 4.42. The normalized spacial score (nSPS) is 9.55. The Balaban J connectivity index is 3.12. The summed E-state index contributed by atoms with van der Waals surface area (Å²) in [6.07, 6.45) is 0. The number of nitrogens with zero attached hydrogens (tertiary/aromatic N) is 1. The molecule has 58 valence electrons. The fraction of sp³-hybridized carbons (Fsp3) is 0. The maximum absolute atomic E-state index is 10.3. The molecule has 1 aromatic carbocycles. The zero-order valence-corrected chi connectivity index (χ0v) is 6.93. The van der Waals surface area contributed by atoms with Gasteiger partial charge in [0.2, 0.25) is 0 Å². The molecule has 0 aliphatic heterocycles. The molecule has 3 nitrogen and oxygen atoms in total. The van der Waals surface area contributed by atoms with E-state index in [2.05, 4.69) is 0 Å². The summed E-state index contributed by atoms with van der Waals surface area (Å²) < 4.78 is 0. The molecule has 5 heteroatoms. The molecular formula is C6H4ClNO2S. The van der Waals surface area contributed by atoms with Crippen LogP contribution in [0.5, 0.6) is 0 Å². The van der Waals surface area contributed by atoms with Crippen molar-refractivity contribution >= 4 is 27.3 Å². The number of benzene rings is 1. The van der Waals surface area contributed by atoms with Crippen molar-refractivity contribution in [1.29, 1.82) is 0 Å². The van der Waals surface area contributed by atoms with Gasteiger partial charge in [-0.15, -0.1) is 0 Å². The smallest absolute Gasteiger partial charge is 0.258 e. The van der Waals surface area contributed by atoms with Crippen molar-refractivity contribution in [3.63, 3.8) is 0 Å². The van der Waals surface area contributed by atoms with Crippen LogP contribution in [0.3, 0.4) is 0 Å². The van der Waals surface area contributed by atoms with Gasteiger partial charge in [0.25, 0.3) is 5.69 Å². The van der Waals surface area contributed by atoms with E-state index in [1.165, 1.54) is 6.07 Å². The van der Waals surface area contributed by atoms with E-state index >= 15 is 0 Å². The minimum Gasteiger partial charge on any atom is -0.258 e. The lowest BCUT2D eigenvalue weighted by molar-refractivity contribution is -0.387. The van der Waals surface area contributed by atoms with Gasteiger partial charge in [-0.05, 0) is 27.7 Å². The van der Waals surface area contributed by atoms with Gasteiger partial charge in [-0.3, -0.25) is 10.1 Å². The van der Waals surface area contributed by atoms with Gasteiger partial charge in [0.05, 0.1) is 4.92 Å². The van der Waals surface area contributed by atoms with Crippen LogP contribution >= 0.6 is 21.7 Å². The highest BCUT2D eigenvalue weighted by molar-refractivity contribution is 8.21. The number of hydrogen-bond acceptors (Lipinski definition) is 3. The number of hydrogen-bond donors (Lipinski definition) is 0. The van der Waals surface area contributed by atoms with E-state index in [0.717, 1.165) is 11.0 Å². The number of nitro groups is 1. The lowest BCUT2D eigenvalue weighted by atomic mass is 11.3. The summed E-state index contributed by atoms with van der Waals surface area (Å²) in [5.74, 6) is 0. The van der Waals surface area contributed by atoms with Gasteiger partial charge in [-0.2, -0.15) is 0 Å². The standard InChI is InChI=1S/C6H4ClNO2S/c7-11-6-4-2-1-3-5(6)8(9)10/h1-4H/i1+1,2+1,3+1,4+1,5+1,6+1. The molecule has 1 aromatic rings. The molecule has 0 saturated carbocycles. The third kappa shape index (κ3) is 1.85. The molecule has 0 aliphatic carbocycles. The average molecular weight is 196 g/mol. The number of halogens is 1. The Labute approximate surface area is 72.0 Å². The van der Waals surface area contributed by atoms with Crippen molar-refractivity contribution in [3.8, 4) is 0 Å². The number of nitro benzene ring substituents is 1. The molecule has 0 aliphatic rings. The van der Waals surface area contributed by atoms with Crippen molar-refractivity contribution in [2.45, 2.75) is 4.90 Å². The van der Waals surface area contributed by atoms with E-state index in [-0.39, 0.29) is 5.69 Å². The maximum Gasteiger partial charge on any atom is 0.284 e. The minimum atomic E-state index is -0.454. The van der Waals surface area contributed by atoms with Crippen LogP contribution in [0.4, 0.5) is 5.69 Å². The molecule has 0 spiro atoms. The Bertz CT molecular complexity index is 279. The molecular weight excluding hydrogens is 192 g/mol. The molecule has 0 atom stereocenters. The van der Waals surface area contributed by atoms with E-state index in [0.29, 0.717) is 4.90 Å². The SMILES string of the molecule is O=[N+]([O-])[13c]1[13cH][13cH][13cH][13cH][13c]1SCl. The second-order valence-electron chi connectivity index (χ2n) is 1.80. The zero-order valence-electron chi connectivity index (χ0n) is 5.36. The Morgan fingerprint density at radius 3 is 2.55 bits per heavy atom. The van der Waals surface area contributed by atoms with E-state index in [1.807, 2.05) is 0 Å². The first-order valence-electron chi connectivity index (χ1n) is 2.77. The molecule has 0 aromatic heterocycles. The van der Waals surface area contributed by atoms with E-state index in [9.17, 15) is 10.1 Å². The monoisotopic (exact) mass is 195 g/mol. The first kappa shape index (κ1) is 8.36. The van der Waals surface area contributed by atoms with E-state index in [1.54, 1.807) is 18.2 Å². The summed E-state index contributed by atoms with van der Waals surface area (Å²) in [5, 5.41) is 10.3. The second kappa shape index (κ2) is 3.59. The van der Waals surface area contributed by atoms with Gasteiger partial charge in [0.1, 0.15) is 4.90 Å². The molecule has 11 heavy (non-hydrogen) atoms. The molecule has 0 saturated heterocycles. The lowest BCUT2D eigenvalue weighted by Crippen LogP contribution is -1.88. The van der Waals surface area contributed by atoms with Gasteiger partial charge in [-0.1, -0.05) is 12.1 Å². The highest BCUT2D eigenvalue weighted by Crippen LogP contribution is 2.30. The maximum atomic E-state index is 10.3. The topological polar surface area (TPSA) is 43.1 Å². The van der Waals surface area contributed by atoms with E-state index in [4.69, 9.17) is 10.7 Å². The van der Waals surface area contributed by atoms with Crippen molar-refractivity contribution < 1.29 is 4.92 Å². The summed E-state index contributed by atoms with van der Waals surface area (Å²) in [6, 6.07) is 6.34. The molecule has 0 bridgehead atoms. The van der Waals surface area contributed by atoms with Gasteiger partial charge in [0, 0.05) is 6.07 Å². The molecule has 0 radical (unpaired) electrons. The van der Waals surface area contributed by atoms with Gasteiger partial charge in [0.15, 0.2) is 0 Å².